The van der Waals surface area contributed by atoms with E-state index in [9.17, 15) is 0 Å². The maximum Gasteiger partial charge on any atom is 0.122 e. The van der Waals surface area contributed by atoms with Gasteiger partial charge in [0, 0.05) is 23.9 Å². The lowest BCUT2D eigenvalue weighted by Gasteiger charge is -2.13. The van der Waals surface area contributed by atoms with Crippen molar-refractivity contribution in [2.75, 3.05) is 6.61 Å². The largest absolute Gasteiger partial charge is 0.364 e. The number of hydrogen-bond acceptors (Lipinski definition) is 2. The molecule has 1 atom stereocenters. The molecule has 0 saturated carbocycles. The van der Waals surface area contributed by atoms with E-state index in [0.29, 0.717) is 6.61 Å². The average Bonchev–Trinajstić information content (AvgIpc) is 3.51. The first-order valence-corrected chi connectivity index (χ1v) is 9.37. The van der Waals surface area contributed by atoms with Crippen molar-refractivity contribution in [1.29, 1.82) is 0 Å². The zero-order valence-electron chi connectivity index (χ0n) is 16.5. The molecule has 0 amide bonds. The molecule has 138 valence electrons. The molecular formula is C24H31NO. The van der Waals surface area contributed by atoms with Crippen LogP contribution in [-0.4, -0.2) is 17.2 Å². The number of allylic oxidation sites excluding steroid dienone is 2. The van der Waals surface area contributed by atoms with E-state index in [2.05, 4.69) is 42.4 Å². The minimum Gasteiger partial charge on any atom is -0.364 e. The summed E-state index contributed by atoms with van der Waals surface area (Å²) in [6.45, 7) is 16.3. The summed E-state index contributed by atoms with van der Waals surface area (Å²) < 4.78 is 5.69. The Morgan fingerprint density at radius 2 is 1.69 bits per heavy atom. The third-order valence-electron chi connectivity index (χ3n) is 3.93. The zero-order chi connectivity index (χ0) is 19.4. The Balaban J connectivity index is 0.000000791. The molecule has 1 fully saturated rings. The minimum atomic E-state index is -0.267. The van der Waals surface area contributed by atoms with E-state index in [1.54, 1.807) is 6.08 Å². The van der Waals surface area contributed by atoms with Crippen LogP contribution in [0.5, 0.6) is 0 Å². The first-order valence-electron chi connectivity index (χ1n) is 9.37. The molecule has 0 spiro atoms. The molecule has 2 nitrogen and oxygen atoms in total. The summed E-state index contributed by atoms with van der Waals surface area (Å²) in [7, 11) is 0. The van der Waals surface area contributed by atoms with Crippen LogP contribution in [0.2, 0.25) is 0 Å². The number of nitrogens with zero attached hydrogens (tertiary/aromatic N) is 1. The van der Waals surface area contributed by atoms with Gasteiger partial charge in [-0.2, -0.15) is 0 Å². The van der Waals surface area contributed by atoms with Crippen LogP contribution in [0.4, 0.5) is 0 Å². The smallest absolute Gasteiger partial charge is 0.122 e. The predicted molar refractivity (Wildman–Crippen MR) is 113 cm³/mol. The molecule has 2 aromatic rings. The van der Waals surface area contributed by atoms with E-state index in [1.807, 2.05) is 64.2 Å². The lowest BCUT2D eigenvalue weighted by molar-refractivity contribution is 0.339. The van der Waals surface area contributed by atoms with E-state index in [4.69, 9.17) is 4.74 Å². The van der Waals surface area contributed by atoms with Gasteiger partial charge >= 0.3 is 0 Å². The molecule has 0 bridgehead atoms. The van der Waals surface area contributed by atoms with Crippen LogP contribution in [0.15, 0.2) is 85.6 Å². The van der Waals surface area contributed by atoms with Gasteiger partial charge in [0.15, 0.2) is 0 Å². The van der Waals surface area contributed by atoms with Crippen LogP contribution in [-0.2, 0) is 11.2 Å². The second-order valence-corrected chi connectivity index (χ2v) is 5.43. The molecule has 1 aromatic heterocycles. The molecule has 0 radical (unpaired) electrons. The molecule has 26 heavy (non-hydrogen) atoms. The first-order chi connectivity index (χ1) is 12.8. The first kappa shape index (κ1) is 21.6. The van der Waals surface area contributed by atoms with E-state index < -0.39 is 0 Å². The fourth-order valence-electron chi connectivity index (χ4n) is 2.61. The van der Waals surface area contributed by atoms with Crippen molar-refractivity contribution >= 4 is 0 Å². The van der Waals surface area contributed by atoms with Gasteiger partial charge in [0.1, 0.15) is 5.60 Å². The van der Waals surface area contributed by atoms with Gasteiger partial charge in [-0.3, -0.25) is 4.98 Å². The Hall–Kier alpha value is -2.45. The summed E-state index contributed by atoms with van der Waals surface area (Å²) >= 11 is 0. The number of aromatic nitrogens is 1. The number of hydrogen-bond donors (Lipinski definition) is 0. The number of rotatable bonds is 6. The summed E-state index contributed by atoms with van der Waals surface area (Å²) in [5, 5.41) is 0. The van der Waals surface area contributed by atoms with Crippen LogP contribution < -0.4 is 0 Å². The van der Waals surface area contributed by atoms with Crippen LogP contribution in [0, 0.1) is 0 Å². The topological polar surface area (TPSA) is 25.4 Å². The van der Waals surface area contributed by atoms with Gasteiger partial charge in [-0.05, 0) is 17.2 Å². The molecule has 2 heteroatoms. The van der Waals surface area contributed by atoms with Crippen molar-refractivity contribution in [3.63, 3.8) is 0 Å². The van der Waals surface area contributed by atoms with Gasteiger partial charge in [-0.25, -0.2) is 0 Å². The quantitative estimate of drug-likeness (QED) is 0.445. The summed E-state index contributed by atoms with van der Waals surface area (Å²) in [5.41, 5.74) is 4.13. The molecule has 1 aromatic carbocycles. The maximum atomic E-state index is 5.69. The fraction of sp³-hybridized carbons (Fsp3) is 0.292. The van der Waals surface area contributed by atoms with E-state index in [1.165, 1.54) is 5.56 Å². The SMILES string of the molecule is C=C/C=C(\C=C)C1(Cc2ccc(-c3ccccc3)cn2)CO1.CC.CC. The fourth-order valence-corrected chi connectivity index (χ4v) is 2.61. The van der Waals surface area contributed by atoms with Crippen LogP contribution >= 0.6 is 0 Å². The van der Waals surface area contributed by atoms with Crippen molar-refractivity contribution in [1.82, 2.24) is 4.98 Å². The Morgan fingerprint density at radius 3 is 2.15 bits per heavy atom. The highest BCUT2D eigenvalue weighted by atomic mass is 16.6. The Kier molecular flexibility index (Phi) is 9.32. The normalized spacial score (nSPS) is 17.8. The maximum absolute atomic E-state index is 5.69. The monoisotopic (exact) mass is 349 g/mol. The van der Waals surface area contributed by atoms with E-state index in [-0.39, 0.29) is 5.60 Å². The summed E-state index contributed by atoms with van der Waals surface area (Å²) in [5.74, 6) is 0. The number of epoxide rings is 1. The van der Waals surface area contributed by atoms with Crippen molar-refractivity contribution in [2.45, 2.75) is 39.7 Å². The molecule has 0 aliphatic carbocycles. The molecule has 0 N–H and O–H groups in total. The van der Waals surface area contributed by atoms with Crippen LogP contribution in [0.3, 0.4) is 0 Å². The minimum absolute atomic E-state index is 0.267. The Morgan fingerprint density at radius 1 is 1.04 bits per heavy atom. The molecule has 2 heterocycles. The van der Waals surface area contributed by atoms with Crippen molar-refractivity contribution in [2.24, 2.45) is 0 Å². The third-order valence-corrected chi connectivity index (χ3v) is 3.93. The lowest BCUT2D eigenvalue weighted by Crippen LogP contribution is -2.18. The third kappa shape index (κ3) is 5.53. The van der Waals surface area contributed by atoms with Gasteiger partial charge in [-0.15, -0.1) is 0 Å². The van der Waals surface area contributed by atoms with Gasteiger partial charge in [0.05, 0.1) is 6.61 Å². The van der Waals surface area contributed by atoms with E-state index >= 15 is 0 Å². The second kappa shape index (κ2) is 11.2. The molecule has 1 saturated heterocycles. The standard InChI is InChI=1S/C20H19NO.2C2H6/c1-3-8-18(4-2)20(15-22-20)13-19-12-11-17(14-21-19)16-9-6-5-7-10-16;2*1-2/h3-12,14H,1-2,13,15H2;2*1-2H3/b18-8+;;. The molecule has 1 unspecified atom stereocenters. The summed E-state index contributed by atoms with van der Waals surface area (Å²) in [4.78, 5) is 4.59. The van der Waals surface area contributed by atoms with Crippen molar-refractivity contribution < 1.29 is 4.74 Å². The number of pyridine rings is 1. The van der Waals surface area contributed by atoms with Gasteiger partial charge < -0.3 is 4.74 Å². The van der Waals surface area contributed by atoms with Gasteiger partial charge in [-0.1, -0.05) is 95.5 Å². The van der Waals surface area contributed by atoms with Crippen LogP contribution in [0.1, 0.15) is 33.4 Å². The van der Waals surface area contributed by atoms with E-state index in [0.717, 1.165) is 23.3 Å². The van der Waals surface area contributed by atoms with Gasteiger partial charge in [0.25, 0.3) is 0 Å². The van der Waals surface area contributed by atoms with Crippen molar-refractivity contribution in [3.8, 4) is 11.1 Å². The van der Waals surface area contributed by atoms with Gasteiger partial charge in [0.2, 0.25) is 0 Å². The summed E-state index contributed by atoms with van der Waals surface area (Å²) in [6, 6.07) is 14.4. The van der Waals surface area contributed by atoms with Crippen molar-refractivity contribution in [3.05, 3.63) is 91.3 Å². The molecule has 3 rings (SSSR count). The predicted octanol–water partition coefficient (Wildman–Crippen LogP) is 6.41. The van der Waals surface area contributed by atoms with Crippen LogP contribution in [0.25, 0.3) is 11.1 Å². The highest BCUT2D eigenvalue weighted by molar-refractivity contribution is 5.62. The number of ether oxygens (including phenoxy) is 1. The zero-order valence-corrected chi connectivity index (χ0v) is 16.5. The Labute approximate surface area is 159 Å². The highest BCUT2D eigenvalue weighted by Gasteiger charge is 2.47. The lowest BCUT2D eigenvalue weighted by atomic mass is 9.93. The molecule has 1 aliphatic rings. The second-order valence-electron chi connectivity index (χ2n) is 5.43. The molecule has 1 aliphatic heterocycles. The average molecular weight is 350 g/mol. The Bertz CT molecular complexity index is 695. The summed E-state index contributed by atoms with van der Waals surface area (Å²) in [6.07, 6.45) is 8.25. The molecular weight excluding hydrogens is 318 g/mol. The highest BCUT2D eigenvalue weighted by Crippen LogP contribution is 2.39. The number of benzene rings is 1.